The van der Waals surface area contributed by atoms with E-state index in [1.807, 2.05) is 12.1 Å². The zero-order chi connectivity index (χ0) is 41.7. The number of ether oxygens (including phenoxy) is 2. The van der Waals surface area contributed by atoms with E-state index < -0.39 is 46.7 Å². The van der Waals surface area contributed by atoms with Gasteiger partial charge in [0.2, 0.25) is 34.1 Å². The SMILES string of the molecule is CCO.CN1C(=O)C2(C(C#N)=C(N)Oc3c2oc(CO)cc3=O)c2cc(Br)ccc21.CN1C(=O)C2(C(C#N)=C(N)Oc3c2oc(CO)cc3=O)c2cc(Br)ccc21. The van der Waals surface area contributed by atoms with Crippen molar-refractivity contribution in [3.63, 3.8) is 0 Å². The van der Waals surface area contributed by atoms with Crippen LogP contribution in [0.2, 0.25) is 0 Å². The number of aliphatic hydroxyl groups excluding tert-OH is 3. The number of hydrogen-bond donors (Lipinski definition) is 5. The van der Waals surface area contributed by atoms with Gasteiger partial charge in [0, 0.05) is 64.3 Å². The quantitative estimate of drug-likeness (QED) is 0.193. The van der Waals surface area contributed by atoms with Crippen molar-refractivity contribution in [1.29, 1.82) is 10.5 Å². The van der Waals surface area contributed by atoms with Crippen LogP contribution in [0.4, 0.5) is 11.4 Å². The van der Waals surface area contributed by atoms with Gasteiger partial charge in [0.25, 0.3) is 11.8 Å². The summed E-state index contributed by atoms with van der Waals surface area (Å²) in [6.07, 6.45) is 0. The molecule has 0 fully saturated rings. The first-order valence-electron chi connectivity index (χ1n) is 16.6. The van der Waals surface area contributed by atoms with Crippen molar-refractivity contribution in [3.8, 4) is 23.6 Å². The number of rotatable bonds is 2. The van der Waals surface area contributed by atoms with Crippen molar-refractivity contribution in [1.82, 2.24) is 0 Å². The van der Waals surface area contributed by atoms with Crippen LogP contribution < -0.4 is 41.6 Å². The van der Waals surface area contributed by atoms with E-state index in [1.54, 1.807) is 57.4 Å². The Kier molecular flexibility index (Phi) is 10.7. The zero-order valence-corrected chi connectivity index (χ0v) is 33.2. The van der Waals surface area contributed by atoms with Gasteiger partial charge in [0.05, 0.1) is 0 Å². The average Bonchev–Trinajstić information content (AvgIpc) is 3.52. The van der Waals surface area contributed by atoms with Gasteiger partial charge in [-0.25, -0.2) is 0 Å². The Morgan fingerprint density at radius 2 is 1.04 bits per heavy atom. The molecule has 4 aliphatic heterocycles. The van der Waals surface area contributed by atoms with Crippen LogP contribution in [0, 0.1) is 22.7 Å². The number of nitrogens with two attached hydrogens (primary N) is 2. The Balaban J connectivity index is 0.000000180. The Morgan fingerprint density at radius 3 is 1.35 bits per heavy atom. The highest BCUT2D eigenvalue weighted by Gasteiger charge is 2.62. The highest BCUT2D eigenvalue weighted by atomic mass is 79.9. The molecule has 2 atom stereocenters. The summed E-state index contributed by atoms with van der Waals surface area (Å²) in [5.74, 6) is -2.73. The highest BCUT2D eigenvalue weighted by molar-refractivity contribution is 9.10. The lowest BCUT2D eigenvalue weighted by Gasteiger charge is -2.32. The molecule has 2 aromatic heterocycles. The van der Waals surface area contributed by atoms with Gasteiger partial charge in [-0.05, 0) is 43.3 Å². The van der Waals surface area contributed by atoms with E-state index in [1.165, 1.54) is 9.80 Å². The normalized spacial score (nSPS) is 19.6. The number of nitrogens with zero attached hydrogens (tertiary/aromatic N) is 4. The smallest absolute Gasteiger partial charge is 0.250 e. The van der Waals surface area contributed by atoms with Crippen LogP contribution >= 0.6 is 31.9 Å². The molecule has 0 saturated carbocycles. The molecular formula is C38H30Br2N6O11. The lowest BCUT2D eigenvalue weighted by molar-refractivity contribution is -0.121. The molecule has 2 spiro atoms. The topological polar surface area (TPSA) is 280 Å². The van der Waals surface area contributed by atoms with Gasteiger partial charge in [-0.2, -0.15) is 10.5 Å². The van der Waals surface area contributed by atoms with Gasteiger partial charge in [0.15, 0.2) is 22.4 Å². The van der Waals surface area contributed by atoms with E-state index >= 15 is 0 Å². The predicted molar refractivity (Wildman–Crippen MR) is 206 cm³/mol. The van der Waals surface area contributed by atoms with Gasteiger partial charge in [0.1, 0.15) is 48.0 Å². The number of halogens is 2. The lowest BCUT2D eigenvalue weighted by atomic mass is 9.72. The first kappa shape index (κ1) is 40.4. The molecule has 17 nitrogen and oxygen atoms in total. The molecule has 2 unspecified atom stereocenters. The molecule has 0 bridgehead atoms. The minimum absolute atomic E-state index is 0.0570. The number of amides is 2. The van der Waals surface area contributed by atoms with Gasteiger partial charge < -0.3 is 54.9 Å². The molecule has 2 aromatic carbocycles. The lowest BCUT2D eigenvalue weighted by Crippen LogP contribution is -2.46. The summed E-state index contributed by atoms with van der Waals surface area (Å²) >= 11 is 6.74. The third kappa shape index (κ3) is 5.82. The maximum absolute atomic E-state index is 13.4. The van der Waals surface area contributed by atoms with Crippen LogP contribution in [0.5, 0.6) is 11.5 Å². The van der Waals surface area contributed by atoms with Crippen molar-refractivity contribution in [2.45, 2.75) is 31.0 Å². The number of anilines is 2. The fourth-order valence-electron chi connectivity index (χ4n) is 7.18. The van der Waals surface area contributed by atoms with Gasteiger partial charge in [-0.15, -0.1) is 0 Å². The number of hydrogen-bond acceptors (Lipinski definition) is 15. The van der Waals surface area contributed by atoms with Crippen LogP contribution in [0.25, 0.3) is 0 Å². The summed E-state index contributed by atoms with van der Waals surface area (Å²) in [4.78, 5) is 54.6. The summed E-state index contributed by atoms with van der Waals surface area (Å²) in [5, 5.41) is 46.0. The second kappa shape index (κ2) is 15.0. The Labute approximate surface area is 339 Å². The largest absolute Gasteiger partial charge is 0.457 e. The molecule has 19 heteroatoms. The molecule has 0 aliphatic carbocycles. The van der Waals surface area contributed by atoms with Crippen molar-refractivity contribution in [2.24, 2.45) is 11.5 Å². The molecule has 57 heavy (non-hydrogen) atoms. The maximum atomic E-state index is 13.4. The number of nitriles is 2. The summed E-state index contributed by atoms with van der Waals surface area (Å²) in [7, 11) is 3.11. The first-order valence-corrected chi connectivity index (χ1v) is 18.2. The summed E-state index contributed by atoms with van der Waals surface area (Å²) in [5.41, 5.74) is 8.64. The fraction of sp³-hybridized carbons (Fsp3) is 0.211. The number of benzene rings is 2. The monoisotopic (exact) mass is 904 g/mol. The van der Waals surface area contributed by atoms with E-state index in [0.717, 1.165) is 12.1 Å². The number of aliphatic hydroxyl groups is 3. The number of carbonyl (C=O) groups excluding carboxylic acids is 2. The summed E-state index contributed by atoms with van der Waals surface area (Å²) in [6.45, 7) is 0.810. The Morgan fingerprint density at radius 1 is 0.684 bits per heavy atom. The molecule has 6 heterocycles. The van der Waals surface area contributed by atoms with Crippen LogP contribution in [-0.4, -0.2) is 47.8 Å². The van der Waals surface area contributed by atoms with Gasteiger partial charge in [-0.3, -0.25) is 19.2 Å². The minimum atomic E-state index is -1.77. The highest BCUT2D eigenvalue weighted by Crippen LogP contribution is 2.56. The number of likely N-dealkylation sites (N-methyl/N-ethyl adjacent to an activating group) is 2. The number of carbonyl (C=O) groups is 2. The fourth-order valence-corrected chi connectivity index (χ4v) is 7.90. The molecule has 7 N–H and O–H groups in total. The van der Waals surface area contributed by atoms with E-state index in [-0.39, 0.29) is 64.1 Å². The Hall–Kier alpha value is -6.22. The van der Waals surface area contributed by atoms with Crippen LogP contribution in [-0.2, 0) is 33.6 Å². The molecule has 4 aromatic rings. The van der Waals surface area contributed by atoms with Crippen LogP contribution in [0.1, 0.15) is 41.1 Å². The minimum Gasteiger partial charge on any atom is -0.457 e. The standard InChI is InChI=1S/2C18H12BrN3O5.C2H6O/c2*1-22-12-3-2-8(19)4-10(12)18(17(22)25)11(6-20)16(21)27-14-13(24)5-9(7-23)26-15(14)18;1-2-3/h2*2-5,23H,7,21H2,1H3;3H,2H2,1H3. The van der Waals surface area contributed by atoms with Gasteiger partial charge in [-0.1, -0.05) is 31.9 Å². The Bertz CT molecular complexity index is 2500. The molecule has 0 radical (unpaired) electrons. The summed E-state index contributed by atoms with van der Waals surface area (Å²) in [6, 6.07) is 16.2. The number of fused-ring (bicyclic) bond motifs is 8. The van der Waals surface area contributed by atoms with Crippen LogP contribution in [0.3, 0.4) is 0 Å². The molecule has 0 saturated heterocycles. The molecule has 8 rings (SSSR count). The van der Waals surface area contributed by atoms with Gasteiger partial charge >= 0.3 is 0 Å². The molecule has 4 aliphatic rings. The van der Waals surface area contributed by atoms with E-state index in [4.69, 9.17) is 34.9 Å². The van der Waals surface area contributed by atoms with Crippen molar-refractivity contribution in [3.05, 3.63) is 135 Å². The van der Waals surface area contributed by atoms with Crippen molar-refractivity contribution < 1.29 is 43.2 Å². The molecular weight excluding hydrogens is 876 g/mol. The zero-order valence-electron chi connectivity index (χ0n) is 30.0. The second-order valence-electron chi connectivity index (χ2n) is 12.6. The van der Waals surface area contributed by atoms with Crippen molar-refractivity contribution >= 4 is 55.0 Å². The average molecular weight is 906 g/mol. The van der Waals surface area contributed by atoms with E-state index in [2.05, 4.69) is 31.9 Å². The second-order valence-corrected chi connectivity index (χ2v) is 14.4. The predicted octanol–water partition coefficient (Wildman–Crippen LogP) is 2.49. The molecule has 292 valence electrons. The van der Waals surface area contributed by atoms with Crippen LogP contribution in [0.15, 0.2) is 98.8 Å². The molecule has 2 amide bonds. The first-order chi connectivity index (χ1) is 27.1. The summed E-state index contributed by atoms with van der Waals surface area (Å²) < 4.78 is 23.4. The van der Waals surface area contributed by atoms with Crippen molar-refractivity contribution in [2.75, 3.05) is 30.5 Å². The van der Waals surface area contributed by atoms with E-state index in [0.29, 0.717) is 31.4 Å². The third-order valence-electron chi connectivity index (χ3n) is 9.49. The van der Waals surface area contributed by atoms with E-state index in [9.17, 15) is 39.9 Å². The maximum Gasteiger partial charge on any atom is 0.250 e. The third-order valence-corrected chi connectivity index (χ3v) is 10.5.